The van der Waals surface area contributed by atoms with Gasteiger partial charge in [0.2, 0.25) is 10.0 Å². The first-order chi connectivity index (χ1) is 8.65. The van der Waals surface area contributed by atoms with Crippen LogP contribution in [0.4, 0.5) is 8.78 Å². The highest BCUT2D eigenvalue weighted by Crippen LogP contribution is 2.17. The van der Waals surface area contributed by atoms with Crippen molar-refractivity contribution in [3.05, 3.63) is 29.8 Å². The molecule has 0 aromatic heterocycles. The molecule has 0 saturated carbocycles. The van der Waals surface area contributed by atoms with Gasteiger partial charge in [0, 0.05) is 6.07 Å². The molecule has 19 heavy (non-hydrogen) atoms. The molecule has 8 heteroatoms. The molecule has 0 aliphatic rings. The Labute approximate surface area is 116 Å². The lowest BCUT2D eigenvalue weighted by atomic mass is 10.1. The summed E-state index contributed by atoms with van der Waals surface area (Å²) in [6.07, 6.45) is 0. The van der Waals surface area contributed by atoms with E-state index in [0.717, 1.165) is 12.1 Å². The topological polar surface area (TPSA) is 72.2 Å². The Morgan fingerprint density at radius 1 is 1.37 bits per heavy atom. The largest absolute Gasteiger partial charge is 0.392 e. The zero-order chi connectivity index (χ0) is 14.8. The summed E-state index contributed by atoms with van der Waals surface area (Å²) >= 11 is 4.76. The van der Waals surface area contributed by atoms with E-state index in [9.17, 15) is 17.2 Å². The second kappa shape index (κ2) is 5.89. The molecular formula is C11H14F2N2O2S2. The summed E-state index contributed by atoms with van der Waals surface area (Å²) < 4.78 is 52.4. The van der Waals surface area contributed by atoms with Crippen LogP contribution in [0.15, 0.2) is 23.1 Å². The standard InChI is InChI=1S/C11H14F2N2O2S2/c1-6(2)10(11(14)18)15-19(16,17)9-4-3-7(12)5-8(9)13/h3-6,10,15H,1-2H3,(H2,14,18). The molecule has 4 nitrogen and oxygen atoms in total. The molecule has 0 heterocycles. The third kappa shape index (κ3) is 3.92. The van der Waals surface area contributed by atoms with Crippen molar-refractivity contribution in [2.75, 3.05) is 0 Å². The van der Waals surface area contributed by atoms with Gasteiger partial charge >= 0.3 is 0 Å². The first-order valence-corrected chi connectivity index (χ1v) is 7.31. The fourth-order valence-electron chi connectivity index (χ4n) is 1.45. The van der Waals surface area contributed by atoms with E-state index < -0.39 is 32.6 Å². The molecule has 0 amide bonds. The zero-order valence-electron chi connectivity index (χ0n) is 10.4. The van der Waals surface area contributed by atoms with E-state index in [2.05, 4.69) is 4.72 Å². The molecule has 0 spiro atoms. The molecule has 1 rings (SSSR count). The number of sulfonamides is 1. The second-order valence-corrected chi connectivity index (χ2v) is 6.47. The quantitative estimate of drug-likeness (QED) is 0.810. The summed E-state index contributed by atoms with van der Waals surface area (Å²) in [4.78, 5) is -0.683. The Morgan fingerprint density at radius 3 is 2.37 bits per heavy atom. The number of nitrogens with two attached hydrogens (primary N) is 1. The lowest BCUT2D eigenvalue weighted by Crippen LogP contribution is -2.46. The molecule has 106 valence electrons. The van der Waals surface area contributed by atoms with Gasteiger partial charge in [-0.05, 0) is 18.1 Å². The molecule has 0 bridgehead atoms. The first-order valence-electron chi connectivity index (χ1n) is 5.42. The van der Waals surface area contributed by atoms with Gasteiger partial charge in [0.25, 0.3) is 0 Å². The molecule has 3 N–H and O–H groups in total. The minimum absolute atomic E-state index is 0.0407. The van der Waals surface area contributed by atoms with Crippen LogP contribution < -0.4 is 10.5 Å². The van der Waals surface area contributed by atoms with E-state index in [0.29, 0.717) is 6.07 Å². The second-order valence-electron chi connectivity index (χ2n) is 4.32. The van der Waals surface area contributed by atoms with Crippen molar-refractivity contribution in [1.82, 2.24) is 4.72 Å². The van der Waals surface area contributed by atoms with E-state index in [1.54, 1.807) is 13.8 Å². The average molecular weight is 308 g/mol. The SMILES string of the molecule is CC(C)C(NS(=O)(=O)c1ccc(F)cc1F)C(N)=S. The number of rotatable bonds is 5. The van der Waals surface area contributed by atoms with E-state index >= 15 is 0 Å². The van der Waals surface area contributed by atoms with Crippen LogP contribution in [0.1, 0.15) is 13.8 Å². The maximum Gasteiger partial charge on any atom is 0.244 e. The van der Waals surface area contributed by atoms with E-state index in [1.165, 1.54) is 0 Å². The van der Waals surface area contributed by atoms with Crippen molar-refractivity contribution in [1.29, 1.82) is 0 Å². The Hall–Kier alpha value is -1.12. The van der Waals surface area contributed by atoms with E-state index in [-0.39, 0.29) is 10.9 Å². The number of nitrogens with one attached hydrogen (secondary N) is 1. The average Bonchev–Trinajstić information content (AvgIpc) is 2.24. The van der Waals surface area contributed by atoms with Gasteiger partial charge in [0.15, 0.2) is 0 Å². The fraction of sp³-hybridized carbons (Fsp3) is 0.364. The highest BCUT2D eigenvalue weighted by Gasteiger charge is 2.26. The van der Waals surface area contributed by atoms with E-state index in [4.69, 9.17) is 18.0 Å². The van der Waals surface area contributed by atoms with Crippen LogP contribution in [0, 0.1) is 17.6 Å². The number of benzene rings is 1. The molecule has 1 aromatic carbocycles. The smallest absolute Gasteiger partial charge is 0.244 e. The normalized spacial score (nSPS) is 13.5. The third-order valence-corrected chi connectivity index (χ3v) is 4.17. The van der Waals surface area contributed by atoms with Gasteiger partial charge in [-0.25, -0.2) is 21.9 Å². The molecule has 0 radical (unpaired) electrons. The van der Waals surface area contributed by atoms with Gasteiger partial charge in [0.1, 0.15) is 16.5 Å². The summed E-state index contributed by atoms with van der Waals surface area (Å²) in [5, 5.41) is 0. The number of halogens is 2. The molecule has 0 aliphatic carbocycles. The predicted octanol–water partition coefficient (Wildman–Crippen LogP) is 1.55. The number of hydrogen-bond acceptors (Lipinski definition) is 3. The van der Waals surface area contributed by atoms with Crippen LogP contribution in [-0.2, 0) is 10.0 Å². The summed E-state index contributed by atoms with van der Waals surface area (Å²) in [5.74, 6) is -2.22. The van der Waals surface area contributed by atoms with Gasteiger partial charge in [-0.1, -0.05) is 26.1 Å². The Morgan fingerprint density at radius 2 is 1.95 bits per heavy atom. The molecule has 0 saturated heterocycles. The summed E-state index contributed by atoms with van der Waals surface area (Å²) in [6.45, 7) is 3.43. The Bertz CT molecular complexity index is 588. The molecule has 0 aliphatic heterocycles. The number of thiocarbonyl (C=S) groups is 1. The van der Waals surface area contributed by atoms with Crippen LogP contribution in [-0.4, -0.2) is 19.4 Å². The maximum absolute atomic E-state index is 13.5. The van der Waals surface area contributed by atoms with Crippen molar-refractivity contribution < 1.29 is 17.2 Å². The monoisotopic (exact) mass is 308 g/mol. The fourth-order valence-corrected chi connectivity index (χ4v) is 3.28. The van der Waals surface area contributed by atoms with E-state index in [1.807, 2.05) is 0 Å². The summed E-state index contributed by atoms with van der Waals surface area (Å²) in [5.41, 5.74) is 5.44. The third-order valence-electron chi connectivity index (χ3n) is 2.44. The zero-order valence-corrected chi connectivity index (χ0v) is 12.0. The maximum atomic E-state index is 13.5. The van der Waals surface area contributed by atoms with Crippen molar-refractivity contribution in [3.8, 4) is 0 Å². The summed E-state index contributed by atoms with van der Waals surface area (Å²) in [6, 6.07) is 1.41. The number of hydrogen-bond donors (Lipinski definition) is 2. The van der Waals surface area contributed by atoms with Crippen LogP contribution in [0.5, 0.6) is 0 Å². The highest BCUT2D eigenvalue weighted by molar-refractivity contribution is 7.89. The molecular weight excluding hydrogens is 294 g/mol. The highest BCUT2D eigenvalue weighted by atomic mass is 32.2. The Kier molecular flexibility index (Phi) is 4.94. The molecule has 1 unspecified atom stereocenters. The van der Waals surface area contributed by atoms with Gasteiger partial charge < -0.3 is 5.73 Å². The molecule has 1 atom stereocenters. The molecule has 1 aromatic rings. The van der Waals surface area contributed by atoms with Crippen molar-refractivity contribution in [3.63, 3.8) is 0 Å². The minimum Gasteiger partial charge on any atom is -0.392 e. The van der Waals surface area contributed by atoms with Gasteiger partial charge in [0.05, 0.1) is 11.0 Å². The van der Waals surface area contributed by atoms with Crippen molar-refractivity contribution in [2.45, 2.75) is 24.8 Å². The van der Waals surface area contributed by atoms with Gasteiger partial charge in [-0.15, -0.1) is 0 Å². The summed E-state index contributed by atoms with van der Waals surface area (Å²) in [7, 11) is -4.16. The predicted molar refractivity (Wildman–Crippen MR) is 72.1 cm³/mol. The van der Waals surface area contributed by atoms with Gasteiger partial charge in [-0.3, -0.25) is 0 Å². The van der Waals surface area contributed by atoms with Gasteiger partial charge in [-0.2, -0.15) is 0 Å². The minimum atomic E-state index is -4.16. The Balaban J connectivity index is 3.14. The van der Waals surface area contributed by atoms with Crippen LogP contribution in [0.3, 0.4) is 0 Å². The van der Waals surface area contributed by atoms with Crippen LogP contribution in [0.25, 0.3) is 0 Å². The lowest BCUT2D eigenvalue weighted by Gasteiger charge is -2.21. The van der Waals surface area contributed by atoms with Crippen LogP contribution >= 0.6 is 12.2 Å². The van der Waals surface area contributed by atoms with Crippen molar-refractivity contribution in [2.24, 2.45) is 11.7 Å². The van der Waals surface area contributed by atoms with Crippen LogP contribution in [0.2, 0.25) is 0 Å². The lowest BCUT2D eigenvalue weighted by molar-refractivity contribution is 0.515. The molecule has 0 fully saturated rings. The van der Waals surface area contributed by atoms with Crippen molar-refractivity contribution >= 4 is 27.2 Å². The first kappa shape index (κ1) is 15.9.